The van der Waals surface area contributed by atoms with Crippen LogP contribution in [0, 0.1) is 25.7 Å². The summed E-state index contributed by atoms with van der Waals surface area (Å²) in [5, 5.41) is 2.46. The Hall–Kier alpha value is -2.12. The van der Waals surface area contributed by atoms with Gasteiger partial charge >= 0.3 is 0 Å². The molecule has 1 aromatic carbocycles. The first-order valence-corrected chi connectivity index (χ1v) is 12.2. The quantitative estimate of drug-likeness (QED) is 0.436. The van der Waals surface area contributed by atoms with Gasteiger partial charge in [-0.25, -0.2) is 4.98 Å². The molecule has 1 saturated heterocycles. The van der Waals surface area contributed by atoms with E-state index < -0.39 is 0 Å². The van der Waals surface area contributed by atoms with Crippen LogP contribution < -0.4 is 5.56 Å². The van der Waals surface area contributed by atoms with Crippen molar-refractivity contribution < 1.29 is 4.79 Å². The molecule has 0 aliphatic carbocycles. The lowest BCUT2D eigenvalue weighted by Gasteiger charge is -2.35. The lowest BCUT2D eigenvalue weighted by Crippen LogP contribution is -2.43. The minimum atomic E-state index is -0.0739. The van der Waals surface area contributed by atoms with Gasteiger partial charge in [-0.15, -0.1) is 11.3 Å². The average Bonchev–Trinajstić information content (AvgIpc) is 3.13. The predicted molar refractivity (Wildman–Crippen MR) is 125 cm³/mol. The minimum Gasteiger partial charge on any atom is -0.341 e. The molecule has 0 spiro atoms. The number of carbonyl (C=O) groups excluding carboxylic acids is 1. The minimum absolute atomic E-state index is 0.0739. The number of benzene rings is 1. The van der Waals surface area contributed by atoms with E-state index in [2.05, 4.69) is 19.9 Å². The van der Waals surface area contributed by atoms with E-state index >= 15 is 0 Å². The molecule has 4 rings (SSSR count). The first-order chi connectivity index (χ1) is 14.3. The first-order valence-electron chi connectivity index (χ1n) is 10.3. The summed E-state index contributed by atoms with van der Waals surface area (Å²) < 4.78 is 2.31. The number of aryl methyl sites for hydroxylation is 2. The number of carbonyl (C=O) groups is 1. The number of fused-ring (bicyclic) bond motifs is 1. The van der Waals surface area contributed by atoms with E-state index in [1.807, 2.05) is 42.3 Å². The largest absolute Gasteiger partial charge is 0.341 e. The van der Waals surface area contributed by atoms with Gasteiger partial charge in [0.15, 0.2) is 5.16 Å². The number of hydrogen-bond donors (Lipinski definition) is 0. The van der Waals surface area contributed by atoms with Crippen LogP contribution in [0.3, 0.4) is 0 Å². The molecule has 0 radical (unpaired) electrons. The van der Waals surface area contributed by atoms with Gasteiger partial charge < -0.3 is 4.90 Å². The van der Waals surface area contributed by atoms with Crippen molar-refractivity contribution in [1.82, 2.24) is 14.5 Å². The fourth-order valence-electron chi connectivity index (χ4n) is 4.38. The topological polar surface area (TPSA) is 55.2 Å². The molecule has 158 valence electrons. The summed E-state index contributed by atoms with van der Waals surface area (Å²) in [6.07, 6.45) is 1.17. The molecule has 30 heavy (non-hydrogen) atoms. The molecule has 2 unspecified atom stereocenters. The number of rotatable bonds is 4. The Morgan fingerprint density at radius 2 is 1.83 bits per heavy atom. The Kier molecular flexibility index (Phi) is 6.02. The third-order valence-electron chi connectivity index (χ3n) is 5.46. The van der Waals surface area contributed by atoms with Gasteiger partial charge in [0, 0.05) is 13.1 Å². The van der Waals surface area contributed by atoms with Crippen molar-refractivity contribution in [2.45, 2.75) is 39.3 Å². The number of nitrogens with zero attached hydrogens (tertiary/aromatic N) is 3. The van der Waals surface area contributed by atoms with Crippen LogP contribution in [-0.2, 0) is 4.79 Å². The number of piperidine rings is 1. The lowest BCUT2D eigenvalue weighted by atomic mass is 9.92. The van der Waals surface area contributed by atoms with Gasteiger partial charge in [-0.05, 0) is 66.8 Å². The third-order valence-corrected chi connectivity index (χ3v) is 7.28. The Morgan fingerprint density at radius 1 is 1.17 bits per heavy atom. The molecule has 5 nitrogen and oxygen atoms in total. The summed E-state index contributed by atoms with van der Waals surface area (Å²) in [4.78, 5) is 32.9. The maximum absolute atomic E-state index is 13.3. The summed E-state index contributed by atoms with van der Waals surface area (Å²) in [7, 11) is 0. The van der Waals surface area contributed by atoms with Crippen molar-refractivity contribution in [3.63, 3.8) is 0 Å². The zero-order valence-electron chi connectivity index (χ0n) is 17.8. The van der Waals surface area contributed by atoms with Crippen LogP contribution in [0.2, 0.25) is 0 Å². The van der Waals surface area contributed by atoms with Crippen LogP contribution in [0.15, 0.2) is 39.6 Å². The van der Waals surface area contributed by atoms with E-state index in [0.717, 1.165) is 29.9 Å². The highest BCUT2D eigenvalue weighted by molar-refractivity contribution is 7.99. The van der Waals surface area contributed by atoms with E-state index in [4.69, 9.17) is 4.98 Å². The molecule has 3 aromatic rings. The van der Waals surface area contributed by atoms with E-state index in [0.29, 0.717) is 27.2 Å². The van der Waals surface area contributed by atoms with Crippen molar-refractivity contribution >= 4 is 39.2 Å². The molecule has 1 amide bonds. The average molecular weight is 442 g/mol. The lowest BCUT2D eigenvalue weighted by molar-refractivity contribution is -0.130. The van der Waals surface area contributed by atoms with Crippen LogP contribution in [0.5, 0.6) is 0 Å². The highest BCUT2D eigenvalue weighted by Crippen LogP contribution is 2.26. The predicted octanol–water partition coefficient (Wildman–Crippen LogP) is 4.66. The number of amides is 1. The maximum Gasteiger partial charge on any atom is 0.276 e. The van der Waals surface area contributed by atoms with Crippen molar-refractivity contribution in [3.05, 3.63) is 51.1 Å². The summed E-state index contributed by atoms with van der Waals surface area (Å²) in [6.45, 7) is 10.1. The molecule has 3 heterocycles. The number of thioether (sulfide) groups is 1. The second-order valence-corrected chi connectivity index (χ2v) is 10.4. The number of likely N-dealkylation sites (tertiary alicyclic amines) is 1. The number of hydrogen-bond acceptors (Lipinski definition) is 5. The molecule has 0 N–H and O–H groups in total. The Labute approximate surface area is 185 Å². The maximum atomic E-state index is 13.3. The van der Waals surface area contributed by atoms with Gasteiger partial charge in [0.1, 0.15) is 4.70 Å². The molecular weight excluding hydrogens is 414 g/mol. The molecule has 2 atom stereocenters. The van der Waals surface area contributed by atoms with Gasteiger partial charge in [0.05, 0.1) is 17.0 Å². The monoisotopic (exact) mass is 441 g/mol. The summed E-state index contributed by atoms with van der Waals surface area (Å²) in [6, 6.07) is 7.94. The number of aromatic nitrogens is 2. The first kappa shape index (κ1) is 21.1. The molecule has 0 bridgehead atoms. The highest BCUT2D eigenvalue weighted by Gasteiger charge is 2.26. The molecule has 1 aliphatic rings. The molecule has 0 saturated carbocycles. The van der Waals surface area contributed by atoms with Crippen LogP contribution >= 0.6 is 23.1 Å². The van der Waals surface area contributed by atoms with Gasteiger partial charge in [0.2, 0.25) is 5.91 Å². The van der Waals surface area contributed by atoms with Gasteiger partial charge in [-0.2, -0.15) is 0 Å². The van der Waals surface area contributed by atoms with Crippen LogP contribution in [0.4, 0.5) is 0 Å². The number of thiophene rings is 1. The molecule has 2 aromatic heterocycles. The van der Waals surface area contributed by atoms with E-state index in [1.165, 1.54) is 29.5 Å². The summed E-state index contributed by atoms with van der Waals surface area (Å²) in [5.41, 5.74) is 3.60. The highest BCUT2D eigenvalue weighted by atomic mass is 32.2. The van der Waals surface area contributed by atoms with Crippen molar-refractivity contribution in [2.24, 2.45) is 11.8 Å². The SMILES string of the molecule is Cc1cc(C)cc(-n2c(SCC(=O)N3CC(C)CC(C)C3)nc3ccsc3c2=O)c1. The molecule has 1 aliphatic heterocycles. The second-order valence-electron chi connectivity index (χ2n) is 8.55. The van der Waals surface area contributed by atoms with Gasteiger partial charge in [-0.1, -0.05) is 31.7 Å². The Bertz CT molecular complexity index is 1120. The van der Waals surface area contributed by atoms with Gasteiger partial charge in [0.25, 0.3) is 5.56 Å². The zero-order chi connectivity index (χ0) is 21.4. The normalized spacial score (nSPS) is 19.4. The fourth-order valence-corrected chi connectivity index (χ4v) is 6.06. The molecule has 1 fully saturated rings. The van der Waals surface area contributed by atoms with E-state index in [1.54, 1.807) is 4.57 Å². The molecular formula is C23H27N3O2S2. The van der Waals surface area contributed by atoms with Crippen molar-refractivity contribution in [1.29, 1.82) is 0 Å². The standard InChI is InChI=1S/C23H27N3O2S2/c1-14-7-15(2)10-18(9-14)26-22(28)21-19(5-6-29-21)24-23(26)30-13-20(27)25-11-16(3)8-17(4)12-25/h5-7,9-10,16-17H,8,11-13H2,1-4H3. The van der Waals surface area contributed by atoms with Crippen LogP contribution in [0.25, 0.3) is 15.9 Å². The van der Waals surface area contributed by atoms with E-state index in [9.17, 15) is 9.59 Å². The Balaban J connectivity index is 1.68. The molecule has 7 heteroatoms. The second kappa shape index (κ2) is 8.55. The van der Waals surface area contributed by atoms with Crippen LogP contribution in [-0.4, -0.2) is 39.2 Å². The van der Waals surface area contributed by atoms with Crippen molar-refractivity contribution in [3.8, 4) is 5.69 Å². The third kappa shape index (κ3) is 4.32. The van der Waals surface area contributed by atoms with Crippen molar-refractivity contribution in [2.75, 3.05) is 18.8 Å². The van der Waals surface area contributed by atoms with Crippen LogP contribution in [0.1, 0.15) is 31.4 Å². The fraction of sp³-hybridized carbons (Fsp3) is 0.435. The smallest absolute Gasteiger partial charge is 0.276 e. The van der Waals surface area contributed by atoms with E-state index in [-0.39, 0.29) is 17.2 Å². The zero-order valence-corrected chi connectivity index (χ0v) is 19.5. The Morgan fingerprint density at radius 3 is 2.50 bits per heavy atom. The summed E-state index contributed by atoms with van der Waals surface area (Å²) in [5.74, 6) is 1.45. The van der Waals surface area contributed by atoms with Gasteiger partial charge in [-0.3, -0.25) is 14.2 Å². The summed E-state index contributed by atoms with van der Waals surface area (Å²) >= 11 is 2.76.